The summed E-state index contributed by atoms with van der Waals surface area (Å²) in [6.07, 6.45) is 0. The number of nitrogens with one attached hydrogen (secondary N) is 1. The van der Waals surface area contributed by atoms with Gasteiger partial charge in [-0.05, 0) is 24.3 Å². The number of amides is 3. The van der Waals surface area contributed by atoms with Gasteiger partial charge in [0.1, 0.15) is 6.54 Å². The van der Waals surface area contributed by atoms with E-state index in [2.05, 4.69) is 10.3 Å². The third-order valence-corrected chi connectivity index (χ3v) is 4.19. The lowest BCUT2D eigenvalue weighted by molar-refractivity contribution is -0.116. The molecule has 7 heteroatoms. The Bertz CT molecular complexity index is 865. The van der Waals surface area contributed by atoms with Crippen LogP contribution in [0.25, 0.3) is 0 Å². The molecule has 3 rings (SSSR count). The van der Waals surface area contributed by atoms with Crippen LogP contribution in [-0.4, -0.2) is 31.2 Å². The van der Waals surface area contributed by atoms with E-state index in [0.29, 0.717) is 32.6 Å². The highest BCUT2D eigenvalue weighted by Crippen LogP contribution is 2.31. The lowest BCUT2D eigenvalue weighted by Crippen LogP contribution is -2.43. The number of benzodiazepines with no additional fused rings is 1. The van der Waals surface area contributed by atoms with Crippen LogP contribution in [0.1, 0.15) is 11.1 Å². The monoisotopic (exact) mass is 361 g/mol. The number of aliphatic imine (C=N–C) groups is 1. The van der Waals surface area contributed by atoms with Crippen molar-refractivity contribution < 1.29 is 9.59 Å². The number of imide groups is 1. The Hall–Kier alpha value is -2.37. The third-order valence-electron chi connectivity index (χ3n) is 3.62. The van der Waals surface area contributed by atoms with Crippen LogP contribution in [0.2, 0.25) is 10.0 Å². The smallest absolute Gasteiger partial charge is 0.328 e. The van der Waals surface area contributed by atoms with Gasteiger partial charge in [-0.2, -0.15) is 0 Å². The fourth-order valence-electron chi connectivity index (χ4n) is 2.55. The summed E-state index contributed by atoms with van der Waals surface area (Å²) in [6, 6.07) is 11.6. The van der Waals surface area contributed by atoms with E-state index < -0.39 is 11.9 Å². The fourth-order valence-corrected chi connectivity index (χ4v) is 2.95. The molecule has 1 heterocycles. The van der Waals surface area contributed by atoms with Crippen LogP contribution in [0.15, 0.2) is 47.5 Å². The van der Waals surface area contributed by atoms with Crippen LogP contribution in [0.4, 0.5) is 10.5 Å². The minimum absolute atomic E-state index is 0.166. The van der Waals surface area contributed by atoms with Gasteiger partial charge in [0, 0.05) is 28.2 Å². The minimum atomic E-state index is -0.529. The molecule has 0 unspecified atom stereocenters. The van der Waals surface area contributed by atoms with Crippen molar-refractivity contribution in [3.05, 3.63) is 63.6 Å². The van der Waals surface area contributed by atoms with E-state index in [0.717, 1.165) is 4.90 Å². The van der Waals surface area contributed by atoms with Crippen LogP contribution in [0.5, 0.6) is 0 Å². The standard InChI is InChI=1S/C17H13Cl2N3O2/c1-20-17(24)22-14-7-6-10(18)8-12(14)16(21-9-15(22)23)11-4-2-3-5-13(11)19/h2-8H,9H2,1H3,(H,20,24). The number of nitrogens with zero attached hydrogens (tertiary/aromatic N) is 2. The van der Waals surface area contributed by atoms with Crippen LogP contribution < -0.4 is 10.2 Å². The first kappa shape index (κ1) is 16.5. The Kier molecular flexibility index (Phi) is 4.55. The van der Waals surface area contributed by atoms with E-state index in [1.165, 1.54) is 7.05 Å². The second kappa shape index (κ2) is 6.63. The van der Waals surface area contributed by atoms with E-state index in [1.807, 2.05) is 18.2 Å². The zero-order chi connectivity index (χ0) is 17.3. The molecular weight excluding hydrogens is 349 g/mol. The van der Waals surface area contributed by atoms with Crippen molar-refractivity contribution >= 4 is 46.5 Å². The molecule has 0 atom stereocenters. The molecule has 24 heavy (non-hydrogen) atoms. The largest absolute Gasteiger partial charge is 0.340 e. The SMILES string of the molecule is CNC(=O)N1C(=O)CN=C(c2ccccc2Cl)c2cc(Cl)ccc21. The number of fused-ring (bicyclic) bond motifs is 1. The first-order valence-corrected chi connectivity index (χ1v) is 7.92. The molecule has 3 amide bonds. The van der Waals surface area contributed by atoms with Crippen molar-refractivity contribution in [2.24, 2.45) is 4.99 Å². The van der Waals surface area contributed by atoms with Gasteiger partial charge in [0.25, 0.3) is 5.91 Å². The molecule has 1 aliphatic rings. The van der Waals surface area contributed by atoms with Crippen molar-refractivity contribution in [3.8, 4) is 0 Å². The molecule has 122 valence electrons. The molecule has 2 aromatic carbocycles. The van der Waals surface area contributed by atoms with Crippen molar-refractivity contribution in [3.63, 3.8) is 0 Å². The number of urea groups is 1. The molecule has 2 aromatic rings. The molecule has 0 radical (unpaired) electrons. The lowest BCUT2D eigenvalue weighted by atomic mass is 10.00. The van der Waals surface area contributed by atoms with Gasteiger partial charge in [-0.15, -0.1) is 0 Å². The number of carbonyl (C=O) groups is 2. The molecule has 1 N–H and O–H groups in total. The Morgan fingerprint density at radius 3 is 2.62 bits per heavy atom. The Morgan fingerprint density at radius 2 is 1.92 bits per heavy atom. The Labute approximate surface area is 148 Å². The molecule has 1 aliphatic heterocycles. The van der Waals surface area contributed by atoms with E-state index in [-0.39, 0.29) is 6.54 Å². The first-order valence-electron chi connectivity index (χ1n) is 7.17. The quantitative estimate of drug-likeness (QED) is 0.844. The summed E-state index contributed by atoms with van der Waals surface area (Å²) in [5.74, 6) is -0.431. The number of hydrogen-bond acceptors (Lipinski definition) is 3. The summed E-state index contributed by atoms with van der Waals surface area (Å²) >= 11 is 12.4. The summed E-state index contributed by atoms with van der Waals surface area (Å²) in [5, 5.41) is 3.45. The predicted octanol–water partition coefficient (Wildman–Crippen LogP) is 3.52. The number of hydrogen-bond donors (Lipinski definition) is 1. The van der Waals surface area contributed by atoms with Gasteiger partial charge in [0.2, 0.25) is 0 Å². The van der Waals surface area contributed by atoms with Crippen molar-refractivity contribution in [1.29, 1.82) is 0 Å². The van der Waals surface area contributed by atoms with Crippen molar-refractivity contribution in [1.82, 2.24) is 5.32 Å². The summed E-state index contributed by atoms with van der Waals surface area (Å²) in [6.45, 7) is -0.166. The zero-order valence-electron chi connectivity index (χ0n) is 12.7. The van der Waals surface area contributed by atoms with Crippen LogP contribution in [-0.2, 0) is 4.79 Å². The van der Waals surface area contributed by atoms with Crippen LogP contribution in [0.3, 0.4) is 0 Å². The molecule has 0 fully saturated rings. The highest BCUT2D eigenvalue weighted by Gasteiger charge is 2.30. The van der Waals surface area contributed by atoms with Gasteiger partial charge in [-0.3, -0.25) is 9.79 Å². The second-order valence-corrected chi connectivity index (χ2v) is 5.93. The van der Waals surface area contributed by atoms with Crippen molar-refractivity contribution in [2.45, 2.75) is 0 Å². The van der Waals surface area contributed by atoms with E-state index in [4.69, 9.17) is 23.2 Å². The number of benzene rings is 2. The number of anilines is 1. The topological polar surface area (TPSA) is 61.8 Å². The maximum Gasteiger partial charge on any atom is 0.328 e. The van der Waals surface area contributed by atoms with Gasteiger partial charge in [0.05, 0.1) is 11.4 Å². The average Bonchev–Trinajstić information content (AvgIpc) is 2.71. The van der Waals surface area contributed by atoms with E-state index >= 15 is 0 Å². The Morgan fingerprint density at radius 1 is 1.17 bits per heavy atom. The van der Waals surface area contributed by atoms with Crippen LogP contribution >= 0.6 is 23.2 Å². The normalized spacial score (nSPS) is 13.9. The summed E-state index contributed by atoms with van der Waals surface area (Å²) < 4.78 is 0. The molecule has 5 nitrogen and oxygen atoms in total. The molecule has 0 saturated heterocycles. The van der Waals surface area contributed by atoms with Gasteiger partial charge in [-0.1, -0.05) is 41.4 Å². The summed E-state index contributed by atoms with van der Waals surface area (Å²) in [7, 11) is 1.46. The van der Waals surface area contributed by atoms with Gasteiger partial charge in [0.15, 0.2) is 0 Å². The zero-order valence-corrected chi connectivity index (χ0v) is 14.2. The fraction of sp³-hybridized carbons (Fsp3) is 0.118. The molecular formula is C17H13Cl2N3O2. The highest BCUT2D eigenvalue weighted by molar-refractivity contribution is 6.37. The molecule has 0 aliphatic carbocycles. The minimum Gasteiger partial charge on any atom is -0.340 e. The number of halogens is 2. The maximum atomic E-state index is 12.4. The van der Waals surface area contributed by atoms with Crippen molar-refractivity contribution in [2.75, 3.05) is 18.5 Å². The maximum absolute atomic E-state index is 12.4. The van der Waals surface area contributed by atoms with Gasteiger partial charge >= 0.3 is 6.03 Å². The lowest BCUT2D eigenvalue weighted by Gasteiger charge is -2.21. The molecule has 0 saturated carbocycles. The number of rotatable bonds is 1. The van der Waals surface area contributed by atoms with E-state index in [1.54, 1.807) is 24.3 Å². The van der Waals surface area contributed by atoms with Gasteiger partial charge < -0.3 is 5.32 Å². The highest BCUT2D eigenvalue weighted by atomic mass is 35.5. The average molecular weight is 362 g/mol. The summed E-state index contributed by atoms with van der Waals surface area (Å²) in [5.41, 5.74) is 2.19. The summed E-state index contributed by atoms with van der Waals surface area (Å²) in [4.78, 5) is 30.0. The molecule has 0 bridgehead atoms. The molecule has 0 spiro atoms. The first-order chi connectivity index (χ1) is 11.5. The number of carbonyl (C=O) groups excluding carboxylic acids is 2. The molecule has 0 aromatic heterocycles. The van der Waals surface area contributed by atoms with E-state index in [9.17, 15) is 9.59 Å². The van der Waals surface area contributed by atoms with Gasteiger partial charge in [-0.25, -0.2) is 9.69 Å². The van der Waals surface area contributed by atoms with Crippen LogP contribution in [0, 0.1) is 0 Å². The Balaban J connectivity index is 2.26. The second-order valence-electron chi connectivity index (χ2n) is 5.09. The predicted molar refractivity (Wildman–Crippen MR) is 95.4 cm³/mol. The third kappa shape index (κ3) is 2.88.